The Morgan fingerprint density at radius 1 is 1.29 bits per heavy atom. The molecule has 0 fully saturated rings. The number of aromatic amines is 1. The van der Waals surface area contributed by atoms with Crippen LogP contribution in [0.15, 0.2) is 42.6 Å². The van der Waals surface area contributed by atoms with E-state index in [0.717, 1.165) is 5.56 Å². The standard InChI is InChI=1S/C16H18N2O3/c1-11(20)13-8-15(17-9-13)16(21)18-14(10-19)7-12-5-3-2-4-6-12/h2-6,8-9,14,17,19H,7,10H2,1H3,(H,18,21). The van der Waals surface area contributed by atoms with E-state index >= 15 is 0 Å². The lowest BCUT2D eigenvalue weighted by Crippen LogP contribution is -2.39. The largest absolute Gasteiger partial charge is 0.394 e. The van der Waals surface area contributed by atoms with Gasteiger partial charge in [0, 0.05) is 11.8 Å². The number of amides is 1. The van der Waals surface area contributed by atoms with Gasteiger partial charge < -0.3 is 15.4 Å². The van der Waals surface area contributed by atoms with Gasteiger partial charge >= 0.3 is 0 Å². The van der Waals surface area contributed by atoms with E-state index < -0.39 is 0 Å². The average molecular weight is 286 g/mol. The first-order valence-electron chi connectivity index (χ1n) is 6.75. The van der Waals surface area contributed by atoms with Gasteiger partial charge in [0.25, 0.3) is 5.91 Å². The highest BCUT2D eigenvalue weighted by Crippen LogP contribution is 2.07. The summed E-state index contributed by atoms with van der Waals surface area (Å²) in [6.45, 7) is 1.29. The van der Waals surface area contributed by atoms with E-state index in [1.54, 1.807) is 0 Å². The Morgan fingerprint density at radius 3 is 2.57 bits per heavy atom. The summed E-state index contributed by atoms with van der Waals surface area (Å²) in [5.41, 5.74) is 1.81. The molecule has 0 aliphatic carbocycles. The summed E-state index contributed by atoms with van der Waals surface area (Å²) < 4.78 is 0. The first-order valence-corrected chi connectivity index (χ1v) is 6.75. The number of ketones is 1. The van der Waals surface area contributed by atoms with Crippen LogP contribution in [0.2, 0.25) is 0 Å². The Morgan fingerprint density at radius 2 is 2.00 bits per heavy atom. The quantitative estimate of drug-likeness (QED) is 0.705. The Kier molecular flexibility index (Phi) is 4.90. The minimum atomic E-state index is -0.371. The van der Waals surface area contributed by atoms with Gasteiger partial charge in [-0.25, -0.2) is 0 Å². The zero-order valence-corrected chi connectivity index (χ0v) is 11.8. The number of nitrogens with one attached hydrogen (secondary N) is 2. The zero-order valence-electron chi connectivity index (χ0n) is 11.8. The SMILES string of the molecule is CC(=O)c1c[nH]c(C(=O)NC(CO)Cc2ccccc2)c1. The van der Waals surface area contributed by atoms with Crippen molar-refractivity contribution in [2.45, 2.75) is 19.4 Å². The van der Waals surface area contributed by atoms with Gasteiger partial charge in [-0.3, -0.25) is 9.59 Å². The summed E-state index contributed by atoms with van der Waals surface area (Å²) in [7, 11) is 0. The van der Waals surface area contributed by atoms with Gasteiger partial charge in [0.2, 0.25) is 0 Å². The van der Waals surface area contributed by atoms with Gasteiger partial charge in [-0.15, -0.1) is 0 Å². The third-order valence-corrected chi connectivity index (χ3v) is 3.21. The van der Waals surface area contributed by atoms with E-state index in [2.05, 4.69) is 10.3 Å². The van der Waals surface area contributed by atoms with Crippen molar-refractivity contribution < 1.29 is 14.7 Å². The summed E-state index contributed by atoms with van der Waals surface area (Å²) >= 11 is 0. The monoisotopic (exact) mass is 286 g/mol. The molecule has 1 unspecified atom stereocenters. The molecule has 0 saturated carbocycles. The Labute approximate surface area is 123 Å². The third kappa shape index (κ3) is 4.03. The molecule has 110 valence electrons. The number of rotatable bonds is 6. The van der Waals surface area contributed by atoms with E-state index in [-0.39, 0.29) is 24.3 Å². The van der Waals surface area contributed by atoms with Crippen LogP contribution in [0.5, 0.6) is 0 Å². The molecule has 3 N–H and O–H groups in total. The fraction of sp³-hybridized carbons (Fsp3) is 0.250. The van der Waals surface area contributed by atoms with E-state index in [1.165, 1.54) is 19.2 Å². The number of carbonyl (C=O) groups is 2. The highest BCUT2D eigenvalue weighted by molar-refractivity contribution is 5.99. The molecule has 0 bridgehead atoms. The molecule has 5 nitrogen and oxygen atoms in total. The van der Waals surface area contributed by atoms with Crippen LogP contribution in [0.4, 0.5) is 0 Å². The number of carbonyl (C=O) groups excluding carboxylic acids is 2. The number of benzene rings is 1. The van der Waals surface area contributed by atoms with Crippen LogP contribution in [0.1, 0.15) is 33.3 Å². The lowest BCUT2D eigenvalue weighted by atomic mass is 10.1. The lowest BCUT2D eigenvalue weighted by Gasteiger charge is -2.15. The predicted molar refractivity (Wildman–Crippen MR) is 79.3 cm³/mol. The molecule has 0 radical (unpaired) electrons. The molecule has 0 aliphatic rings. The average Bonchev–Trinajstić information content (AvgIpc) is 2.97. The smallest absolute Gasteiger partial charge is 0.268 e. The maximum Gasteiger partial charge on any atom is 0.268 e. The molecule has 21 heavy (non-hydrogen) atoms. The molecule has 1 aromatic heterocycles. The Balaban J connectivity index is 2.00. The second-order valence-corrected chi connectivity index (χ2v) is 4.90. The van der Waals surface area contributed by atoms with Crippen LogP contribution in [0, 0.1) is 0 Å². The number of aliphatic hydroxyl groups excluding tert-OH is 1. The molecule has 0 spiro atoms. The van der Waals surface area contributed by atoms with Gasteiger partial charge in [-0.05, 0) is 25.0 Å². The lowest BCUT2D eigenvalue weighted by molar-refractivity contribution is 0.0912. The summed E-state index contributed by atoms with van der Waals surface area (Å²) in [5, 5.41) is 12.1. The van der Waals surface area contributed by atoms with Crippen LogP contribution in [-0.4, -0.2) is 34.4 Å². The Bertz CT molecular complexity index is 619. The van der Waals surface area contributed by atoms with Gasteiger partial charge in [0.05, 0.1) is 12.6 Å². The van der Waals surface area contributed by atoms with Crippen molar-refractivity contribution in [3.63, 3.8) is 0 Å². The van der Waals surface area contributed by atoms with Crippen LogP contribution in [-0.2, 0) is 6.42 Å². The summed E-state index contributed by atoms with van der Waals surface area (Å²) in [6, 6.07) is 10.8. The summed E-state index contributed by atoms with van der Waals surface area (Å²) in [6.07, 6.45) is 2.05. The van der Waals surface area contributed by atoms with Crippen LogP contribution in [0.3, 0.4) is 0 Å². The first-order chi connectivity index (χ1) is 10.1. The van der Waals surface area contributed by atoms with Crippen molar-refractivity contribution in [1.82, 2.24) is 10.3 Å². The molecule has 0 aliphatic heterocycles. The maximum atomic E-state index is 12.1. The fourth-order valence-electron chi connectivity index (χ4n) is 2.05. The third-order valence-electron chi connectivity index (χ3n) is 3.21. The molecule has 2 rings (SSSR count). The Hall–Kier alpha value is -2.40. The number of H-pyrrole nitrogens is 1. The van der Waals surface area contributed by atoms with Crippen molar-refractivity contribution in [3.05, 3.63) is 59.4 Å². The zero-order chi connectivity index (χ0) is 15.2. The van der Waals surface area contributed by atoms with Gasteiger partial charge in [-0.1, -0.05) is 30.3 Å². The number of Topliss-reactive ketones (excluding diaryl/α,β-unsaturated/α-hetero) is 1. The highest BCUT2D eigenvalue weighted by atomic mass is 16.3. The van der Waals surface area contributed by atoms with Crippen molar-refractivity contribution in [2.24, 2.45) is 0 Å². The number of aromatic nitrogens is 1. The van der Waals surface area contributed by atoms with Gasteiger partial charge in [0.15, 0.2) is 5.78 Å². The fourth-order valence-corrected chi connectivity index (χ4v) is 2.05. The van der Waals surface area contributed by atoms with Crippen molar-refractivity contribution in [2.75, 3.05) is 6.61 Å². The summed E-state index contributed by atoms with van der Waals surface area (Å²) in [4.78, 5) is 26.1. The number of hydrogen-bond acceptors (Lipinski definition) is 3. The summed E-state index contributed by atoms with van der Waals surface area (Å²) in [5.74, 6) is -0.439. The number of hydrogen-bond donors (Lipinski definition) is 3. The van der Waals surface area contributed by atoms with E-state index in [0.29, 0.717) is 17.7 Å². The van der Waals surface area contributed by atoms with Crippen LogP contribution in [0.25, 0.3) is 0 Å². The second kappa shape index (κ2) is 6.85. The minimum absolute atomic E-state index is 0.103. The molecule has 1 heterocycles. The van der Waals surface area contributed by atoms with Crippen molar-refractivity contribution in [1.29, 1.82) is 0 Å². The second-order valence-electron chi connectivity index (χ2n) is 4.90. The molecule has 2 aromatic rings. The molecule has 1 atom stereocenters. The molecule has 1 amide bonds. The van der Waals surface area contributed by atoms with Crippen molar-refractivity contribution >= 4 is 11.7 Å². The van der Waals surface area contributed by atoms with Crippen LogP contribution >= 0.6 is 0 Å². The van der Waals surface area contributed by atoms with Gasteiger partial charge in [-0.2, -0.15) is 0 Å². The minimum Gasteiger partial charge on any atom is -0.394 e. The first kappa shape index (κ1) is 15.0. The van der Waals surface area contributed by atoms with Gasteiger partial charge in [0.1, 0.15) is 5.69 Å². The van der Waals surface area contributed by atoms with E-state index in [4.69, 9.17) is 0 Å². The highest BCUT2D eigenvalue weighted by Gasteiger charge is 2.15. The number of aliphatic hydroxyl groups is 1. The molecule has 0 saturated heterocycles. The van der Waals surface area contributed by atoms with Crippen LogP contribution < -0.4 is 5.32 Å². The van der Waals surface area contributed by atoms with Crippen molar-refractivity contribution in [3.8, 4) is 0 Å². The normalized spacial score (nSPS) is 11.9. The maximum absolute atomic E-state index is 12.1. The topological polar surface area (TPSA) is 82.2 Å². The molecular formula is C16H18N2O3. The predicted octanol–water partition coefficient (Wildman–Crippen LogP) is 1.55. The van der Waals surface area contributed by atoms with E-state index in [1.807, 2.05) is 30.3 Å². The molecular weight excluding hydrogens is 268 g/mol. The molecule has 1 aromatic carbocycles. The molecule has 5 heteroatoms. The van der Waals surface area contributed by atoms with E-state index in [9.17, 15) is 14.7 Å².